The van der Waals surface area contributed by atoms with Crippen LogP contribution in [-0.2, 0) is 26.9 Å². The van der Waals surface area contributed by atoms with Crippen LogP contribution in [0.25, 0.3) is 11.3 Å². The number of carbonyl (C=O) groups is 1. The second-order valence-electron chi connectivity index (χ2n) is 14.1. The Kier molecular flexibility index (Phi) is 10.9. The van der Waals surface area contributed by atoms with Crippen LogP contribution in [0, 0.1) is 18.2 Å². The summed E-state index contributed by atoms with van der Waals surface area (Å²) in [6.07, 6.45) is -1.84. The number of piperidine rings is 1. The van der Waals surface area contributed by atoms with Gasteiger partial charge in [0.05, 0.1) is 35.9 Å². The zero-order valence-electron chi connectivity index (χ0n) is 28.4. The Morgan fingerprint density at radius 2 is 1.66 bits per heavy atom. The first-order valence-electron chi connectivity index (χ1n) is 15.9. The van der Waals surface area contributed by atoms with E-state index in [1.165, 1.54) is 18.3 Å². The molecule has 47 heavy (non-hydrogen) atoms. The molecule has 0 unspecified atom stereocenters. The first-order chi connectivity index (χ1) is 21.8. The molecule has 1 aliphatic rings. The average molecular weight is 660 g/mol. The van der Waals surface area contributed by atoms with Crippen molar-refractivity contribution in [2.24, 2.45) is 5.41 Å². The number of aryl methyl sites for hydroxylation is 1. The Hall–Kier alpha value is -3.73. The van der Waals surface area contributed by atoms with Crippen LogP contribution in [0.15, 0.2) is 42.7 Å². The highest BCUT2D eigenvalue weighted by atomic mass is 19.4. The van der Waals surface area contributed by atoms with Crippen molar-refractivity contribution in [3.63, 3.8) is 0 Å². The van der Waals surface area contributed by atoms with Gasteiger partial charge in [0.2, 0.25) is 0 Å². The van der Waals surface area contributed by atoms with E-state index in [0.29, 0.717) is 35.6 Å². The van der Waals surface area contributed by atoms with Crippen molar-refractivity contribution >= 4 is 11.7 Å². The standard InChI is InChI=1S/C36H45F4N3O4/c1-22(2)46-33(44)32(47-34(4,5)6)30-23(3)41-20-26(31(30)43-16-14-35(7,8)15-17-43)28-19-27(36(38,39)40)29(21-42-28)45-18-13-24-9-11-25(37)12-10-24/h9-12,19-22,32H,13-18H2,1-8H3/t32-/m0/s1. The molecule has 0 spiro atoms. The predicted molar refractivity (Wildman–Crippen MR) is 173 cm³/mol. The third kappa shape index (κ3) is 9.43. The smallest absolute Gasteiger partial charge is 0.420 e. The van der Waals surface area contributed by atoms with E-state index in [-0.39, 0.29) is 24.1 Å². The summed E-state index contributed by atoms with van der Waals surface area (Å²) in [6, 6.07) is 6.66. The van der Waals surface area contributed by atoms with Crippen molar-refractivity contribution in [1.82, 2.24) is 9.97 Å². The Morgan fingerprint density at radius 3 is 2.23 bits per heavy atom. The average Bonchev–Trinajstić information content (AvgIpc) is 2.96. The number of nitrogens with zero attached hydrogens (tertiary/aromatic N) is 3. The Morgan fingerprint density at radius 1 is 1.02 bits per heavy atom. The molecule has 4 rings (SSSR count). The number of aromatic nitrogens is 2. The summed E-state index contributed by atoms with van der Waals surface area (Å²) in [6.45, 7) is 16.2. The number of ether oxygens (including phenoxy) is 3. The van der Waals surface area contributed by atoms with E-state index < -0.39 is 47.1 Å². The second-order valence-corrected chi connectivity index (χ2v) is 14.1. The number of benzene rings is 1. The molecule has 1 saturated heterocycles. The predicted octanol–water partition coefficient (Wildman–Crippen LogP) is 8.67. The zero-order valence-corrected chi connectivity index (χ0v) is 28.4. The van der Waals surface area contributed by atoms with Gasteiger partial charge in [0, 0.05) is 42.5 Å². The molecule has 256 valence electrons. The largest absolute Gasteiger partial charge is 0.491 e. The molecule has 0 bridgehead atoms. The Balaban J connectivity index is 1.84. The number of anilines is 1. The molecule has 0 N–H and O–H groups in total. The first kappa shape index (κ1) is 36.1. The molecule has 1 fully saturated rings. The van der Waals surface area contributed by atoms with Crippen LogP contribution in [0.2, 0.25) is 0 Å². The van der Waals surface area contributed by atoms with Gasteiger partial charge in [0.15, 0.2) is 6.10 Å². The first-order valence-corrected chi connectivity index (χ1v) is 15.9. The minimum absolute atomic E-state index is 0.0310. The van der Waals surface area contributed by atoms with Crippen LogP contribution in [-0.4, -0.2) is 47.3 Å². The van der Waals surface area contributed by atoms with Crippen molar-refractivity contribution in [1.29, 1.82) is 0 Å². The topological polar surface area (TPSA) is 73.8 Å². The summed E-state index contributed by atoms with van der Waals surface area (Å²) in [5.41, 5.74) is 0.907. The van der Waals surface area contributed by atoms with Gasteiger partial charge in [-0.3, -0.25) is 9.97 Å². The molecule has 0 aliphatic carbocycles. The summed E-state index contributed by atoms with van der Waals surface area (Å²) >= 11 is 0. The molecule has 0 saturated carbocycles. The fraction of sp³-hybridized carbons (Fsp3) is 0.528. The molecule has 1 aliphatic heterocycles. The van der Waals surface area contributed by atoms with Gasteiger partial charge in [-0.1, -0.05) is 26.0 Å². The van der Waals surface area contributed by atoms with Gasteiger partial charge in [0.25, 0.3) is 0 Å². The monoisotopic (exact) mass is 659 g/mol. The van der Waals surface area contributed by atoms with Gasteiger partial charge in [-0.05, 0) is 83.6 Å². The number of halogens is 4. The molecule has 0 amide bonds. The minimum Gasteiger partial charge on any atom is -0.491 e. The third-order valence-electron chi connectivity index (χ3n) is 8.03. The van der Waals surface area contributed by atoms with Crippen molar-refractivity contribution in [3.8, 4) is 17.0 Å². The van der Waals surface area contributed by atoms with Crippen LogP contribution in [0.4, 0.5) is 23.2 Å². The number of rotatable bonds is 10. The maximum Gasteiger partial charge on any atom is 0.420 e. The molecule has 2 aromatic heterocycles. The van der Waals surface area contributed by atoms with Gasteiger partial charge in [-0.2, -0.15) is 13.2 Å². The van der Waals surface area contributed by atoms with Crippen molar-refractivity contribution in [2.45, 2.75) is 98.6 Å². The summed E-state index contributed by atoms with van der Waals surface area (Å²) in [5.74, 6) is -1.42. The Bertz CT molecular complexity index is 1540. The molecule has 1 aromatic carbocycles. The summed E-state index contributed by atoms with van der Waals surface area (Å²) in [4.78, 5) is 24.7. The van der Waals surface area contributed by atoms with Crippen LogP contribution >= 0.6 is 0 Å². The second kappa shape index (κ2) is 14.2. The zero-order chi connectivity index (χ0) is 34.7. The third-order valence-corrected chi connectivity index (χ3v) is 8.03. The van der Waals surface area contributed by atoms with Gasteiger partial charge in [0.1, 0.15) is 17.1 Å². The summed E-state index contributed by atoms with van der Waals surface area (Å²) in [7, 11) is 0. The fourth-order valence-electron chi connectivity index (χ4n) is 5.52. The number of carbonyl (C=O) groups excluding carboxylic acids is 1. The lowest BCUT2D eigenvalue weighted by Gasteiger charge is -2.41. The highest BCUT2D eigenvalue weighted by Gasteiger charge is 2.39. The van der Waals surface area contributed by atoms with Gasteiger partial charge in [-0.25, -0.2) is 9.18 Å². The minimum atomic E-state index is -4.75. The van der Waals surface area contributed by atoms with Gasteiger partial charge in [-0.15, -0.1) is 0 Å². The van der Waals surface area contributed by atoms with E-state index in [0.717, 1.165) is 30.7 Å². The number of alkyl halides is 3. The molecule has 11 heteroatoms. The van der Waals surface area contributed by atoms with E-state index in [1.807, 2.05) is 20.8 Å². The maximum absolute atomic E-state index is 14.5. The van der Waals surface area contributed by atoms with E-state index in [2.05, 4.69) is 28.7 Å². The van der Waals surface area contributed by atoms with Crippen LogP contribution in [0.5, 0.6) is 5.75 Å². The molecule has 0 radical (unpaired) electrons. The van der Waals surface area contributed by atoms with Crippen LogP contribution in [0.1, 0.15) is 89.8 Å². The Labute approximate surface area is 274 Å². The number of hydrogen-bond acceptors (Lipinski definition) is 7. The molecule has 3 heterocycles. The highest BCUT2D eigenvalue weighted by Crippen LogP contribution is 2.45. The lowest BCUT2D eigenvalue weighted by molar-refractivity contribution is -0.171. The van der Waals surface area contributed by atoms with Crippen molar-refractivity contribution < 1.29 is 36.6 Å². The van der Waals surface area contributed by atoms with E-state index in [4.69, 9.17) is 14.2 Å². The van der Waals surface area contributed by atoms with Crippen molar-refractivity contribution in [2.75, 3.05) is 24.6 Å². The van der Waals surface area contributed by atoms with Crippen LogP contribution in [0.3, 0.4) is 0 Å². The number of esters is 1. The normalized spacial score (nSPS) is 15.9. The quantitative estimate of drug-likeness (QED) is 0.159. The summed E-state index contributed by atoms with van der Waals surface area (Å²) in [5, 5.41) is 0. The molecular formula is C36H45F4N3O4. The van der Waals surface area contributed by atoms with Gasteiger partial charge < -0.3 is 19.1 Å². The van der Waals surface area contributed by atoms with Crippen LogP contribution < -0.4 is 9.64 Å². The fourth-order valence-corrected chi connectivity index (χ4v) is 5.52. The van der Waals surface area contributed by atoms with Gasteiger partial charge >= 0.3 is 12.1 Å². The number of pyridine rings is 2. The lowest BCUT2D eigenvalue weighted by atomic mass is 9.82. The van der Waals surface area contributed by atoms with E-state index in [1.54, 1.807) is 32.9 Å². The molecular weight excluding hydrogens is 614 g/mol. The van der Waals surface area contributed by atoms with Crippen molar-refractivity contribution in [3.05, 3.63) is 70.9 Å². The highest BCUT2D eigenvalue weighted by molar-refractivity contribution is 5.86. The summed E-state index contributed by atoms with van der Waals surface area (Å²) < 4.78 is 74.3. The molecule has 3 aromatic rings. The lowest BCUT2D eigenvalue weighted by Crippen LogP contribution is -2.39. The van der Waals surface area contributed by atoms with E-state index in [9.17, 15) is 22.4 Å². The SMILES string of the molecule is Cc1ncc(-c2cc(C(F)(F)F)c(OCCc3ccc(F)cc3)cn2)c(N2CCC(C)(C)CC2)c1[C@H](OC(C)(C)C)C(=O)OC(C)C. The maximum atomic E-state index is 14.5. The van der Waals surface area contributed by atoms with E-state index >= 15 is 0 Å². The number of hydrogen-bond donors (Lipinski definition) is 0. The molecule has 1 atom stereocenters. The molecule has 7 nitrogen and oxygen atoms in total.